The van der Waals surface area contributed by atoms with Crippen molar-refractivity contribution in [2.75, 3.05) is 12.4 Å². The molecule has 0 aliphatic rings. The second-order valence-corrected chi connectivity index (χ2v) is 4.53. The van der Waals surface area contributed by atoms with E-state index in [2.05, 4.69) is 15.5 Å². The van der Waals surface area contributed by atoms with Gasteiger partial charge in [-0.05, 0) is 43.3 Å². The van der Waals surface area contributed by atoms with Gasteiger partial charge in [0, 0.05) is 5.69 Å². The van der Waals surface area contributed by atoms with E-state index in [0.717, 1.165) is 11.4 Å². The largest absolute Gasteiger partial charge is 0.497 e. The summed E-state index contributed by atoms with van der Waals surface area (Å²) in [7, 11) is 1.64. The van der Waals surface area contributed by atoms with Crippen molar-refractivity contribution < 1.29 is 13.7 Å². The molecule has 2 aromatic heterocycles. The Hall–Kier alpha value is -2.76. The second kappa shape index (κ2) is 5.70. The van der Waals surface area contributed by atoms with Crippen molar-refractivity contribution >= 4 is 5.69 Å². The van der Waals surface area contributed by atoms with Gasteiger partial charge in [-0.2, -0.15) is 4.98 Å². The number of nitrogens with zero attached hydrogens (tertiary/aromatic N) is 2. The van der Waals surface area contributed by atoms with Gasteiger partial charge in [-0.3, -0.25) is 0 Å². The number of hydrogen-bond acceptors (Lipinski definition) is 6. The van der Waals surface area contributed by atoms with Crippen LogP contribution in [0.1, 0.15) is 18.9 Å². The van der Waals surface area contributed by atoms with Crippen molar-refractivity contribution in [3.05, 3.63) is 48.6 Å². The van der Waals surface area contributed by atoms with E-state index in [9.17, 15) is 0 Å². The quantitative estimate of drug-likeness (QED) is 0.773. The molecule has 0 aliphatic heterocycles. The molecule has 0 saturated heterocycles. The number of furan rings is 1. The zero-order chi connectivity index (χ0) is 14.7. The lowest BCUT2D eigenvalue weighted by molar-refractivity contribution is 0.367. The van der Waals surface area contributed by atoms with Crippen LogP contribution in [0.15, 0.2) is 51.6 Å². The molecule has 108 valence electrons. The maximum atomic E-state index is 5.26. The standard InChI is InChI=1S/C15H15N3O3/c1-10(16-11-5-7-12(19-2)8-6-11)15-17-14(18-21-15)13-4-3-9-20-13/h3-10,16H,1-2H3. The molecule has 6 heteroatoms. The number of ether oxygens (including phenoxy) is 1. The van der Waals surface area contributed by atoms with Crippen LogP contribution in [0.5, 0.6) is 5.75 Å². The highest BCUT2D eigenvalue weighted by Gasteiger charge is 2.16. The summed E-state index contributed by atoms with van der Waals surface area (Å²) in [5.41, 5.74) is 0.945. The average molecular weight is 285 g/mol. The van der Waals surface area contributed by atoms with Crippen LogP contribution in [0.4, 0.5) is 5.69 Å². The van der Waals surface area contributed by atoms with Crippen molar-refractivity contribution in [2.24, 2.45) is 0 Å². The Morgan fingerprint density at radius 3 is 2.67 bits per heavy atom. The summed E-state index contributed by atoms with van der Waals surface area (Å²) in [5.74, 6) is 2.34. The summed E-state index contributed by atoms with van der Waals surface area (Å²) < 4.78 is 15.6. The van der Waals surface area contributed by atoms with E-state index in [0.29, 0.717) is 17.5 Å². The molecule has 1 unspecified atom stereocenters. The normalized spacial score (nSPS) is 12.1. The monoisotopic (exact) mass is 285 g/mol. The summed E-state index contributed by atoms with van der Waals surface area (Å²) in [5, 5.41) is 7.19. The molecular formula is C15H15N3O3. The SMILES string of the molecule is COc1ccc(NC(C)c2nc(-c3ccco3)no2)cc1. The van der Waals surface area contributed by atoms with Crippen molar-refractivity contribution in [1.82, 2.24) is 10.1 Å². The first-order valence-corrected chi connectivity index (χ1v) is 6.54. The van der Waals surface area contributed by atoms with E-state index < -0.39 is 0 Å². The van der Waals surface area contributed by atoms with Crippen molar-refractivity contribution in [1.29, 1.82) is 0 Å². The van der Waals surface area contributed by atoms with Crippen LogP contribution in [0, 0.1) is 0 Å². The Kier molecular flexibility index (Phi) is 3.59. The molecular weight excluding hydrogens is 270 g/mol. The van der Waals surface area contributed by atoms with Crippen LogP contribution >= 0.6 is 0 Å². The fraction of sp³-hybridized carbons (Fsp3) is 0.200. The Morgan fingerprint density at radius 1 is 1.19 bits per heavy atom. The van der Waals surface area contributed by atoms with Gasteiger partial charge in [-0.1, -0.05) is 5.16 Å². The molecule has 0 saturated carbocycles. The minimum Gasteiger partial charge on any atom is -0.497 e. The fourth-order valence-corrected chi connectivity index (χ4v) is 1.92. The Bertz CT molecular complexity index is 689. The second-order valence-electron chi connectivity index (χ2n) is 4.53. The smallest absolute Gasteiger partial charge is 0.249 e. The van der Waals surface area contributed by atoms with Crippen LogP contribution in [-0.2, 0) is 0 Å². The van der Waals surface area contributed by atoms with Crippen LogP contribution < -0.4 is 10.1 Å². The van der Waals surface area contributed by atoms with Gasteiger partial charge in [0.05, 0.1) is 13.4 Å². The number of aromatic nitrogens is 2. The third kappa shape index (κ3) is 2.89. The number of hydrogen-bond donors (Lipinski definition) is 1. The Labute approximate surface area is 121 Å². The summed E-state index contributed by atoms with van der Waals surface area (Å²) >= 11 is 0. The topological polar surface area (TPSA) is 73.3 Å². The van der Waals surface area contributed by atoms with Gasteiger partial charge in [0.2, 0.25) is 11.7 Å². The highest BCUT2D eigenvalue weighted by Crippen LogP contribution is 2.23. The highest BCUT2D eigenvalue weighted by atomic mass is 16.5. The molecule has 0 fully saturated rings. The molecule has 2 heterocycles. The van der Waals surface area contributed by atoms with Gasteiger partial charge in [-0.15, -0.1) is 0 Å². The predicted octanol–water partition coefficient (Wildman–Crippen LogP) is 3.51. The third-order valence-corrected chi connectivity index (χ3v) is 3.03. The van der Waals surface area contributed by atoms with E-state index in [1.807, 2.05) is 31.2 Å². The number of rotatable bonds is 5. The van der Waals surface area contributed by atoms with Gasteiger partial charge in [0.15, 0.2) is 5.76 Å². The van der Waals surface area contributed by atoms with Gasteiger partial charge in [-0.25, -0.2) is 0 Å². The molecule has 0 spiro atoms. The minimum atomic E-state index is -0.116. The maximum Gasteiger partial charge on any atom is 0.249 e. The molecule has 3 aromatic rings. The fourth-order valence-electron chi connectivity index (χ4n) is 1.92. The van der Waals surface area contributed by atoms with Gasteiger partial charge in [0.25, 0.3) is 0 Å². The molecule has 1 N–H and O–H groups in total. The lowest BCUT2D eigenvalue weighted by atomic mass is 10.2. The molecule has 0 bridgehead atoms. The number of benzene rings is 1. The first-order valence-electron chi connectivity index (χ1n) is 6.54. The molecule has 21 heavy (non-hydrogen) atoms. The van der Waals surface area contributed by atoms with Crippen LogP contribution in [-0.4, -0.2) is 17.3 Å². The minimum absolute atomic E-state index is 0.116. The molecule has 1 aromatic carbocycles. The lowest BCUT2D eigenvalue weighted by Gasteiger charge is -2.11. The summed E-state index contributed by atoms with van der Waals surface area (Å²) in [6.07, 6.45) is 1.57. The maximum absolute atomic E-state index is 5.26. The average Bonchev–Trinajstić information content (AvgIpc) is 3.19. The molecule has 3 rings (SSSR count). The summed E-state index contributed by atoms with van der Waals surface area (Å²) in [6, 6.07) is 11.1. The Balaban J connectivity index is 1.71. The molecule has 0 radical (unpaired) electrons. The zero-order valence-corrected chi connectivity index (χ0v) is 11.7. The van der Waals surface area contributed by atoms with Gasteiger partial charge < -0.3 is 19.0 Å². The van der Waals surface area contributed by atoms with E-state index in [1.54, 1.807) is 25.5 Å². The van der Waals surface area contributed by atoms with E-state index >= 15 is 0 Å². The van der Waals surface area contributed by atoms with Crippen molar-refractivity contribution in [3.63, 3.8) is 0 Å². The van der Waals surface area contributed by atoms with E-state index in [4.69, 9.17) is 13.7 Å². The van der Waals surface area contributed by atoms with Gasteiger partial charge in [0.1, 0.15) is 11.8 Å². The highest BCUT2D eigenvalue weighted by molar-refractivity contribution is 5.48. The summed E-state index contributed by atoms with van der Waals surface area (Å²) in [4.78, 5) is 4.32. The number of anilines is 1. The van der Waals surface area contributed by atoms with Crippen LogP contribution in [0.25, 0.3) is 11.6 Å². The first kappa shape index (κ1) is 13.2. The van der Waals surface area contributed by atoms with Gasteiger partial charge >= 0.3 is 0 Å². The van der Waals surface area contributed by atoms with E-state index in [1.165, 1.54) is 0 Å². The number of nitrogens with one attached hydrogen (secondary N) is 1. The van der Waals surface area contributed by atoms with Crippen LogP contribution in [0.3, 0.4) is 0 Å². The lowest BCUT2D eigenvalue weighted by Crippen LogP contribution is -2.06. The first-order chi connectivity index (χ1) is 10.3. The Morgan fingerprint density at radius 2 is 2.00 bits per heavy atom. The summed E-state index contributed by atoms with van der Waals surface area (Å²) in [6.45, 7) is 1.95. The van der Waals surface area contributed by atoms with Crippen molar-refractivity contribution in [2.45, 2.75) is 13.0 Å². The van der Waals surface area contributed by atoms with E-state index in [-0.39, 0.29) is 6.04 Å². The molecule has 6 nitrogen and oxygen atoms in total. The van der Waals surface area contributed by atoms with Crippen molar-refractivity contribution in [3.8, 4) is 17.3 Å². The molecule has 0 amide bonds. The number of methoxy groups -OCH3 is 1. The molecule has 0 aliphatic carbocycles. The zero-order valence-electron chi connectivity index (χ0n) is 11.7. The third-order valence-electron chi connectivity index (χ3n) is 3.03. The predicted molar refractivity (Wildman–Crippen MR) is 77.0 cm³/mol. The van der Waals surface area contributed by atoms with Crippen LogP contribution in [0.2, 0.25) is 0 Å². The molecule has 1 atom stereocenters.